The van der Waals surface area contributed by atoms with Crippen LogP contribution in [0.2, 0.25) is 0 Å². The lowest BCUT2D eigenvalue weighted by Crippen LogP contribution is -2.58. The van der Waals surface area contributed by atoms with E-state index in [1.165, 1.54) is 7.11 Å². The summed E-state index contributed by atoms with van der Waals surface area (Å²) in [6.07, 6.45) is 1.55. The number of anilines is 1. The number of rotatable bonds is 4. The predicted octanol–water partition coefficient (Wildman–Crippen LogP) is -0.217. The molecular weight excluding hydrogens is 272 g/mol. The first-order valence-corrected chi connectivity index (χ1v) is 6.96. The number of aromatic nitrogens is 1. The number of hydrogen-bond acceptors (Lipinski definition) is 6. The first-order valence-electron chi connectivity index (χ1n) is 6.96. The quantitative estimate of drug-likeness (QED) is 0.747. The highest BCUT2D eigenvalue weighted by molar-refractivity contribution is 5.89. The third kappa shape index (κ3) is 3.49. The molecule has 0 aromatic carbocycles. The van der Waals surface area contributed by atoms with Crippen LogP contribution in [0, 0.1) is 0 Å². The molecule has 7 heteroatoms. The molecule has 1 amide bonds. The Balaban J connectivity index is 2.24. The summed E-state index contributed by atoms with van der Waals surface area (Å²) in [5.41, 5.74) is 1.03. The van der Waals surface area contributed by atoms with E-state index in [1.807, 2.05) is 11.8 Å². The van der Waals surface area contributed by atoms with Crippen molar-refractivity contribution >= 4 is 17.6 Å². The van der Waals surface area contributed by atoms with E-state index in [1.54, 1.807) is 18.3 Å². The number of esters is 1. The van der Waals surface area contributed by atoms with Crippen LogP contribution in [0.4, 0.5) is 5.69 Å². The largest absolute Gasteiger partial charge is 0.464 e. The highest BCUT2D eigenvalue weighted by Crippen LogP contribution is 2.19. The maximum absolute atomic E-state index is 12.2. The van der Waals surface area contributed by atoms with Crippen molar-refractivity contribution in [2.24, 2.45) is 0 Å². The Labute approximate surface area is 123 Å². The number of nitrogens with one attached hydrogen (secondary N) is 2. The van der Waals surface area contributed by atoms with Crippen LogP contribution in [0.1, 0.15) is 17.4 Å². The number of piperazine rings is 1. The van der Waals surface area contributed by atoms with Gasteiger partial charge in [-0.25, -0.2) is 9.78 Å². The highest BCUT2D eigenvalue weighted by atomic mass is 16.5. The minimum Gasteiger partial charge on any atom is -0.464 e. The van der Waals surface area contributed by atoms with Gasteiger partial charge in [-0.05, 0) is 19.1 Å². The molecule has 0 spiro atoms. The number of carbonyl (C=O) groups excluding carboxylic acids is 2. The number of ether oxygens (including phenoxy) is 1. The number of carbonyl (C=O) groups is 2. The molecule has 1 saturated heterocycles. The third-order valence-corrected chi connectivity index (χ3v) is 3.37. The fourth-order valence-corrected chi connectivity index (χ4v) is 2.35. The SMILES string of the molecule is CCNC(=O)C1CNCCN1c1ccnc(C(=O)OC)c1. The molecule has 114 valence electrons. The molecule has 1 aromatic heterocycles. The summed E-state index contributed by atoms with van der Waals surface area (Å²) in [6.45, 7) is 4.52. The van der Waals surface area contributed by atoms with Crippen molar-refractivity contribution in [2.45, 2.75) is 13.0 Å². The fraction of sp³-hybridized carbons (Fsp3) is 0.500. The van der Waals surface area contributed by atoms with Gasteiger partial charge < -0.3 is 20.3 Å². The molecule has 0 saturated carbocycles. The molecule has 0 bridgehead atoms. The van der Waals surface area contributed by atoms with E-state index in [-0.39, 0.29) is 17.6 Å². The Morgan fingerprint density at radius 1 is 1.57 bits per heavy atom. The Kier molecular flexibility index (Phi) is 5.10. The second kappa shape index (κ2) is 7.03. The predicted molar refractivity (Wildman–Crippen MR) is 78.3 cm³/mol. The van der Waals surface area contributed by atoms with Crippen molar-refractivity contribution in [3.8, 4) is 0 Å². The molecule has 2 heterocycles. The topological polar surface area (TPSA) is 83.6 Å². The summed E-state index contributed by atoms with van der Waals surface area (Å²) in [5, 5.41) is 6.05. The molecule has 1 aliphatic rings. The first kappa shape index (κ1) is 15.2. The second-order valence-electron chi connectivity index (χ2n) is 4.70. The zero-order valence-corrected chi connectivity index (χ0v) is 12.3. The number of nitrogens with zero attached hydrogens (tertiary/aromatic N) is 2. The van der Waals surface area contributed by atoms with Crippen molar-refractivity contribution in [3.63, 3.8) is 0 Å². The van der Waals surface area contributed by atoms with Crippen LogP contribution in [0.5, 0.6) is 0 Å². The molecule has 0 radical (unpaired) electrons. The molecular formula is C14H20N4O3. The Morgan fingerprint density at radius 3 is 3.10 bits per heavy atom. The van der Waals surface area contributed by atoms with Gasteiger partial charge >= 0.3 is 5.97 Å². The van der Waals surface area contributed by atoms with Gasteiger partial charge in [0.25, 0.3) is 0 Å². The molecule has 2 N–H and O–H groups in total. The third-order valence-electron chi connectivity index (χ3n) is 3.37. The maximum Gasteiger partial charge on any atom is 0.356 e. The number of likely N-dealkylation sites (N-methyl/N-ethyl adjacent to an activating group) is 1. The Morgan fingerprint density at radius 2 is 2.38 bits per heavy atom. The number of amides is 1. The summed E-state index contributed by atoms with van der Waals surface area (Å²) < 4.78 is 4.68. The summed E-state index contributed by atoms with van der Waals surface area (Å²) in [6, 6.07) is 3.15. The standard InChI is InChI=1S/C14H20N4O3/c1-3-16-13(19)12-9-15-6-7-18(12)10-4-5-17-11(8-10)14(20)21-2/h4-5,8,12,15H,3,6-7,9H2,1-2H3,(H,16,19). The van der Waals surface area contributed by atoms with E-state index in [9.17, 15) is 9.59 Å². The van der Waals surface area contributed by atoms with Crippen molar-refractivity contribution in [1.82, 2.24) is 15.6 Å². The zero-order chi connectivity index (χ0) is 15.2. The summed E-state index contributed by atoms with van der Waals surface area (Å²) in [5.74, 6) is -0.511. The Hall–Kier alpha value is -2.15. The van der Waals surface area contributed by atoms with Gasteiger partial charge in [0.05, 0.1) is 7.11 Å². The van der Waals surface area contributed by atoms with Crippen LogP contribution in [0.3, 0.4) is 0 Å². The van der Waals surface area contributed by atoms with E-state index >= 15 is 0 Å². The van der Waals surface area contributed by atoms with Gasteiger partial charge in [0.15, 0.2) is 0 Å². The van der Waals surface area contributed by atoms with E-state index in [0.717, 1.165) is 12.2 Å². The maximum atomic E-state index is 12.2. The molecule has 1 atom stereocenters. The summed E-state index contributed by atoms with van der Waals surface area (Å²) in [4.78, 5) is 29.7. The van der Waals surface area contributed by atoms with E-state index in [0.29, 0.717) is 19.6 Å². The minimum atomic E-state index is -0.485. The van der Waals surface area contributed by atoms with Crippen LogP contribution in [-0.4, -0.2) is 56.2 Å². The molecule has 1 aromatic rings. The molecule has 1 unspecified atom stereocenters. The van der Waals surface area contributed by atoms with Crippen molar-refractivity contribution in [2.75, 3.05) is 38.2 Å². The summed E-state index contributed by atoms with van der Waals surface area (Å²) >= 11 is 0. The lowest BCUT2D eigenvalue weighted by Gasteiger charge is -2.36. The van der Waals surface area contributed by atoms with E-state index in [4.69, 9.17) is 0 Å². The molecule has 0 aliphatic carbocycles. The molecule has 7 nitrogen and oxygen atoms in total. The minimum absolute atomic E-state index is 0.0267. The number of hydrogen-bond donors (Lipinski definition) is 2. The van der Waals surface area contributed by atoms with Crippen molar-refractivity contribution < 1.29 is 14.3 Å². The van der Waals surface area contributed by atoms with Gasteiger partial charge in [-0.3, -0.25) is 4.79 Å². The van der Waals surface area contributed by atoms with Gasteiger partial charge in [0.1, 0.15) is 11.7 Å². The van der Waals surface area contributed by atoms with Gasteiger partial charge in [0, 0.05) is 38.1 Å². The fourth-order valence-electron chi connectivity index (χ4n) is 2.35. The van der Waals surface area contributed by atoms with Crippen LogP contribution in [0.25, 0.3) is 0 Å². The van der Waals surface area contributed by atoms with E-state index in [2.05, 4.69) is 20.4 Å². The number of methoxy groups -OCH3 is 1. The van der Waals surface area contributed by atoms with Crippen LogP contribution in [0.15, 0.2) is 18.3 Å². The highest BCUT2D eigenvalue weighted by Gasteiger charge is 2.28. The van der Waals surface area contributed by atoms with Gasteiger partial charge in [-0.15, -0.1) is 0 Å². The zero-order valence-electron chi connectivity index (χ0n) is 12.3. The Bertz CT molecular complexity index is 521. The van der Waals surface area contributed by atoms with Crippen LogP contribution >= 0.6 is 0 Å². The molecule has 1 fully saturated rings. The van der Waals surface area contributed by atoms with Gasteiger partial charge in [-0.1, -0.05) is 0 Å². The average molecular weight is 292 g/mol. The van der Waals surface area contributed by atoms with Gasteiger partial charge in [-0.2, -0.15) is 0 Å². The first-order chi connectivity index (χ1) is 10.2. The smallest absolute Gasteiger partial charge is 0.356 e. The molecule has 2 rings (SSSR count). The lowest BCUT2D eigenvalue weighted by atomic mass is 10.1. The van der Waals surface area contributed by atoms with Crippen LogP contribution in [-0.2, 0) is 9.53 Å². The van der Waals surface area contributed by atoms with Crippen molar-refractivity contribution in [1.29, 1.82) is 0 Å². The normalized spacial score (nSPS) is 18.2. The number of pyridine rings is 1. The van der Waals surface area contributed by atoms with Gasteiger partial charge in [0.2, 0.25) is 5.91 Å². The molecule has 21 heavy (non-hydrogen) atoms. The van der Waals surface area contributed by atoms with E-state index < -0.39 is 5.97 Å². The monoisotopic (exact) mass is 292 g/mol. The summed E-state index contributed by atoms with van der Waals surface area (Å²) in [7, 11) is 1.32. The lowest BCUT2D eigenvalue weighted by molar-refractivity contribution is -0.122. The van der Waals surface area contributed by atoms with Crippen LogP contribution < -0.4 is 15.5 Å². The average Bonchev–Trinajstić information content (AvgIpc) is 2.54. The molecule has 1 aliphatic heterocycles. The van der Waals surface area contributed by atoms with Crippen molar-refractivity contribution in [3.05, 3.63) is 24.0 Å². The second-order valence-corrected chi connectivity index (χ2v) is 4.70.